The molecule has 0 unspecified atom stereocenters. The Morgan fingerprint density at radius 2 is 2.08 bits per heavy atom. The lowest BCUT2D eigenvalue weighted by Crippen LogP contribution is -2.30. The molecule has 1 atom stereocenters. The van der Waals surface area contributed by atoms with Gasteiger partial charge in [0.15, 0.2) is 17.7 Å². The molecule has 3 rings (SSSR count). The molecule has 3 aromatic rings. The molecule has 128 valence electrons. The first-order valence-electron chi connectivity index (χ1n) is 7.34. The highest BCUT2D eigenvalue weighted by atomic mass is 35.5. The van der Waals surface area contributed by atoms with Crippen LogP contribution in [0.25, 0.3) is 11.5 Å². The lowest BCUT2D eigenvalue weighted by atomic mass is 10.2. The van der Waals surface area contributed by atoms with Crippen molar-refractivity contribution in [2.45, 2.75) is 13.0 Å². The number of carbonyl (C=O) groups is 1. The Hall–Kier alpha value is -2.93. The number of ether oxygens (including phenoxy) is 1. The second-order valence-corrected chi connectivity index (χ2v) is 5.55. The maximum atomic E-state index is 13.6. The Morgan fingerprint density at radius 3 is 2.84 bits per heavy atom. The summed E-state index contributed by atoms with van der Waals surface area (Å²) in [5, 5.41) is 6.65. The van der Waals surface area contributed by atoms with Crippen molar-refractivity contribution >= 4 is 23.5 Å². The van der Waals surface area contributed by atoms with Crippen LogP contribution in [0.2, 0.25) is 5.02 Å². The van der Waals surface area contributed by atoms with Crippen LogP contribution in [-0.2, 0) is 4.79 Å². The van der Waals surface area contributed by atoms with Gasteiger partial charge in [0.25, 0.3) is 17.7 Å². The van der Waals surface area contributed by atoms with E-state index in [4.69, 9.17) is 20.9 Å². The summed E-state index contributed by atoms with van der Waals surface area (Å²) in [6.45, 7) is 1.49. The maximum absolute atomic E-state index is 13.6. The highest BCUT2D eigenvalue weighted by Crippen LogP contribution is 2.22. The Labute approximate surface area is 147 Å². The molecule has 0 saturated heterocycles. The molecule has 1 N–H and O–H groups in total. The van der Waals surface area contributed by atoms with Crippen molar-refractivity contribution in [3.8, 4) is 17.2 Å². The minimum atomic E-state index is -0.954. The van der Waals surface area contributed by atoms with Crippen LogP contribution in [-0.4, -0.2) is 22.2 Å². The van der Waals surface area contributed by atoms with E-state index in [1.165, 1.54) is 25.1 Å². The van der Waals surface area contributed by atoms with Crippen LogP contribution >= 0.6 is 11.6 Å². The maximum Gasteiger partial charge on any atom is 0.270 e. The fraction of sp³-hybridized carbons (Fsp3) is 0.118. The van der Waals surface area contributed by atoms with Gasteiger partial charge in [0.2, 0.25) is 0 Å². The number of anilines is 1. The molecule has 8 heteroatoms. The molecule has 0 bridgehead atoms. The van der Waals surface area contributed by atoms with Gasteiger partial charge in [-0.1, -0.05) is 29.8 Å². The van der Waals surface area contributed by atoms with E-state index in [1.54, 1.807) is 30.3 Å². The van der Waals surface area contributed by atoms with Crippen LogP contribution in [0, 0.1) is 5.82 Å². The molecule has 0 aliphatic rings. The van der Waals surface area contributed by atoms with Crippen molar-refractivity contribution in [3.63, 3.8) is 0 Å². The molecule has 0 aliphatic carbocycles. The van der Waals surface area contributed by atoms with Gasteiger partial charge in [-0.25, -0.2) is 4.39 Å². The quantitative estimate of drug-likeness (QED) is 0.744. The molecule has 1 aromatic heterocycles. The second-order valence-electron chi connectivity index (χ2n) is 5.11. The molecular formula is C17H13ClFN3O3. The Balaban J connectivity index is 1.66. The van der Waals surface area contributed by atoms with Crippen molar-refractivity contribution in [3.05, 3.63) is 59.4 Å². The van der Waals surface area contributed by atoms with Crippen LogP contribution in [0.5, 0.6) is 5.75 Å². The van der Waals surface area contributed by atoms with Crippen LogP contribution in [0.3, 0.4) is 0 Å². The zero-order chi connectivity index (χ0) is 17.8. The fourth-order valence-corrected chi connectivity index (χ4v) is 2.20. The molecule has 2 aromatic carbocycles. The number of hydrogen-bond acceptors (Lipinski definition) is 5. The molecule has 0 radical (unpaired) electrons. The Kier molecular flexibility index (Phi) is 4.95. The molecule has 6 nitrogen and oxygen atoms in total. The van der Waals surface area contributed by atoms with Crippen molar-refractivity contribution in [2.24, 2.45) is 0 Å². The minimum absolute atomic E-state index is 0.0159. The minimum Gasteiger partial charge on any atom is -0.478 e. The summed E-state index contributed by atoms with van der Waals surface area (Å²) in [6.07, 6.45) is -0.954. The van der Waals surface area contributed by atoms with Gasteiger partial charge in [-0.2, -0.15) is 4.98 Å². The lowest BCUT2D eigenvalue weighted by molar-refractivity contribution is -0.122. The highest BCUT2D eigenvalue weighted by molar-refractivity contribution is 6.30. The first-order chi connectivity index (χ1) is 12.0. The number of amides is 1. The van der Waals surface area contributed by atoms with Crippen LogP contribution in [0.4, 0.5) is 10.3 Å². The van der Waals surface area contributed by atoms with E-state index in [-0.39, 0.29) is 17.6 Å². The molecular weight excluding hydrogens is 349 g/mol. The van der Waals surface area contributed by atoms with E-state index < -0.39 is 17.8 Å². The summed E-state index contributed by atoms with van der Waals surface area (Å²) in [4.78, 5) is 16.2. The zero-order valence-electron chi connectivity index (χ0n) is 13.1. The van der Waals surface area contributed by atoms with Crippen LogP contribution < -0.4 is 10.1 Å². The van der Waals surface area contributed by atoms with Crippen molar-refractivity contribution < 1.29 is 18.4 Å². The number of para-hydroxylation sites is 1. The number of aromatic nitrogens is 2. The Morgan fingerprint density at radius 1 is 1.28 bits per heavy atom. The van der Waals surface area contributed by atoms with Crippen molar-refractivity contribution in [1.29, 1.82) is 0 Å². The molecule has 0 fully saturated rings. The first kappa shape index (κ1) is 16.9. The summed E-state index contributed by atoms with van der Waals surface area (Å²) in [7, 11) is 0. The molecule has 25 heavy (non-hydrogen) atoms. The van der Waals surface area contributed by atoms with Gasteiger partial charge >= 0.3 is 0 Å². The van der Waals surface area contributed by atoms with Gasteiger partial charge in [-0.3, -0.25) is 10.1 Å². The monoisotopic (exact) mass is 361 g/mol. The van der Waals surface area contributed by atoms with E-state index in [0.29, 0.717) is 10.6 Å². The number of rotatable bonds is 5. The van der Waals surface area contributed by atoms with Gasteiger partial charge in [-0.15, -0.1) is 0 Å². The SMILES string of the molecule is C[C@@H](Oc1ccccc1F)C(=O)Nc1noc(-c2cccc(Cl)c2)n1. The van der Waals surface area contributed by atoms with E-state index >= 15 is 0 Å². The highest BCUT2D eigenvalue weighted by Gasteiger charge is 2.19. The number of halogens is 2. The van der Waals surface area contributed by atoms with Gasteiger partial charge in [0, 0.05) is 10.6 Å². The van der Waals surface area contributed by atoms with E-state index in [1.807, 2.05) is 0 Å². The van der Waals surface area contributed by atoms with E-state index in [9.17, 15) is 9.18 Å². The average molecular weight is 362 g/mol. The molecule has 0 saturated carbocycles. The topological polar surface area (TPSA) is 77.2 Å². The third-order valence-corrected chi connectivity index (χ3v) is 3.48. The third kappa shape index (κ3) is 4.13. The largest absolute Gasteiger partial charge is 0.478 e. The van der Waals surface area contributed by atoms with Gasteiger partial charge < -0.3 is 9.26 Å². The number of carbonyl (C=O) groups excluding carboxylic acids is 1. The summed E-state index contributed by atoms with van der Waals surface area (Å²) >= 11 is 5.91. The average Bonchev–Trinajstić information content (AvgIpc) is 3.05. The van der Waals surface area contributed by atoms with Crippen LogP contribution in [0.15, 0.2) is 53.1 Å². The van der Waals surface area contributed by atoms with Crippen LogP contribution in [0.1, 0.15) is 6.92 Å². The van der Waals surface area contributed by atoms with Gasteiger partial charge in [0.05, 0.1) is 0 Å². The zero-order valence-corrected chi connectivity index (χ0v) is 13.8. The van der Waals surface area contributed by atoms with Gasteiger partial charge in [-0.05, 0) is 42.4 Å². The summed E-state index contributed by atoms with van der Waals surface area (Å²) < 4.78 is 23.9. The molecule has 0 aliphatic heterocycles. The van der Waals surface area contributed by atoms with E-state index in [2.05, 4.69) is 15.5 Å². The standard InChI is InChI=1S/C17H13ClFN3O3/c1-10(24-14-8-3-2-7-13(14)19)15(23)20-17-21-16(25-22-17)11-5-4-6-12(18)9-11/h2-10H,1H3,(H,20,22,23)/t10-/m1/s1. The number of benzene rings is 2. The summed E-state index contributed by atoms with van der Waals surface area (Å²) in [5.74, 6) is -0.922. The number of nitrogens with one attached hydrogen (secondary N) is 1. The number of hydrogen-bond donors (Lipinski definition) is 1. The predicted molar refractivity (Wildman–Crippen MR) is 89.9 cm³/mol. The first-order valence-corrected chi connectivity index (χ1v) is 7.72. The normalized spacial score (nSPS) is 11.8. The smallest absolute Gasteiger partial charge is 0.270 e. The summed E-state index contributed by atoms with van der Waals surface area (Å²) in [6, 6.07) is 12.7. The molecule has 1 amide bonds. The number of nitrogens with zero attached hydrogens (tertiary/aromatic N) is 2. The lowest BCUT2D eigenvalue weighted by Gasteiger charge is -2.13. The van der Waals surface area contributed by atoms with Crippen molar-refractivity contribution in [1.82, 2.24) is 10.1 Å². The predicted octanol–water partition coefficient (Wildman–Crippen LogP) is 3.94. The fourth-order valence-electron chi connectivity index (χ4n) is 2.01. The molecule has 0 spiro atoms. The third-order valence-electron chi connectivity index (χ3n) is 3.24. The van der Waals surface area contributed by atoms with Gasteiger partial charge in [0.1, 0.15) is 0 Å². The van der Waals surface area contributed by atoms with E-state index in [0.717, 1.165) is 0 Å². The summed E-state index contributed by atoms with van der Waals surface area (Å²) in [5.41, 5.74) is 0.621. The second kappa shape index (κ2) is 7.31. The molecule has 1 heterocycles. The Bertz CT molecular complexity index is 900. The van der Waals surface area contributed by atoms with Crippen molar-refractivity contribution in [2.75, 3.05) is 5.32 Å².